The molecule has 0 fully saturated rings. The first kappa shape index (κ1) is 21.3. The second-order valence-electron chi connectivity index (χ2n) is 5.89. The number of hydrogen-bond donors (Lipinski definition) is 2. The molecule has 0 unspecified atom stereocenters. The van der Waals surface area contributed by atoms with Gasteiger partial charge in [-0.1, -0.05) is 26.0 Å². The number of nitrogens with zero attached hydrogens (tertiary/aromatic N) is 3. The Morgan fingerprint density at radius 3 is 2.54 bits per heavy atom. The van der Waals surface area contributed by atoms with Gasteiger partial charge in [0, 0.05) is 4.47 Å². The van der Waals surface area contributed by atoms with Crippen LogP contribution in [0.5, 0.6) is 0 Å². The largest absolute Gasteiger partial charge is 0.345 e. The van der Waals surface area contributed by atoms with Gasteiger partial charge in [-0.15, -0.1) is 0 Å². The highest BCUT2D eigenvalue weighted by molar-refractivity contribution is 9.10. The summed E-state index contributed by atoms with van der Waals surface area (Å²) in [6.45, 7) is 3.08. The predicted octanol–water partition coefficient (Wildman–Crippen LogP) is 1.76. The number of amides is 2. The molecule has 28 heavy (non-hydrogen) atoms. The number of carbonyl (C=O) groups excluding carboxylic acids is 2. The van der Waals surface area contributed by atoms with Crippen LogP contribution >= 0.6 is 15.9 Å². The Hall–Kier alpha value is -2.99. The Kier molecular flexibility index (Phi) is 7.46. The lowest BCUT2D eigenvalue weighted by molar-refractivity contribution is -0.124. The lowest BCUT2D eigenvalue weighted by atomic mass is 10.0. The fraction of sp³-hybridized carbons (Fsp3) is 0.316. The molecule has 1 heterocycles. The molecule has 146 valence electrons. The average molecular weight is 446 g/mol. The van der Waals surface area contributed by atoms with E-state index in [1.807, 2.05) is 26.0 Å². The molecule has 2 aromatic rings. The predicted molar refractivity (Wildman–Crippen MR) is 108 cm³/mol. The highest BCUT2D eigenvalue weighted by Crippen LogP contribution is 2.20. The van der Waals surface area contributed by atoms with Crippen LogP contribution in [0.2, 0.25) is 0 Å². The van der Waals surface area contributed by atoms with Crippen molar-refractivity contribution in [1.82, 2.24) is 15.1 Å². The third kappa shape index (κ3) is 5.04. The van der Waals surface area contributed by atoms with Gasteiger partial charge < -0.3 is 10.6 Å². The van der Waals surface area contributed by atoms with E-state index in [2.05, 4.69) is 31.7 Å². The minimum atomic E-state index is -0.607. The number of para-hydroxylation sites is 1. The maximum Gasteiger partial charge on any atom is 0.285 e. The van der Waals surface area contributed by atoms with E-state index in [9.17, 15) is 19.6 Å². The summed E-state index contributed by atoms with van der Waals surface area (Å²) in [4.78, 5) is 36.6. The highest BCUT2D eigenvalue weighted by Gasteiger charge is 2.17. The quantitative estimate of drug-likeness (QED) is 0.672. The topological polar surface area (TPSA) is 117 Å². The van der Waals surface area contributed by atoms with Gasteiger partial charge in [-0.3, -0.25) is 14.4 Å². The molecule has 0 saturated heterocycles. The molecule has 2 amide bonds. The fourth-order valence-electron chi connectivity index (χ4n) is 2.67. The summed E-state index contributed by atoms with van der Waals surface area (Å²) in [6, 6.07) is 9.00. The van der Waals surface area contributed by atoms with Crippen LogP contribution in [0.1, 0.15) is 30.7 Å². The summed E-state index contributed by atoms with van der Waals surface area (Å²) in [5, 5.41) is 18.6. The molecular weight excluding hydrogens is 426 g/mol. The first-order valence-corrected chi connectivity index (χ1v) is 9.54. The van der Waals surface area contributed by atoms with Crippen molar-refractivity contribution in [2.75, 3.05) is 11.9 Å². The van der Waals surface area contributed by atoms with Gasteiger partial charge in [-0.25, -0.2) is 4.68 Å². The van der Waals surface area contributed by atoms with E-state index in [-0.39, 0.29) is 18.7 Å². The van der Waals surface area contributed by atoms with Crippen molar-refractivity contribution in [2.45, 2.75) is 33.2 Å². The molecule has 8 nitrogen and oxygen atoms in total. The van der Waals surface area contributed by atoms with Crippen LogP contribution in [0, 0.1) is 11.3 Å². The Labute approximate surface area is 170 Å². The molecule has 1 aromatic carbocycles. The summed E-state index contributed by atoms with van der Waals surface area (Å²) in [5.74, 6) is -0.957. The summed E-state index contributed by atoms with van der Waals surface area (Å²) in [5.41, 5.74) is 1.21. The van der Waals surface area contributed by atoms with Crippen molar-refractivity contribution in [3.05, 3.63) is 55.9 Å². The normalized spacial score (nSPS) is 10.2. The van der Waals surface area contributed by atoms with Crippen molar-refractivity contribution in [2.24, 2.45) is 0 Å². The first-order chi connectivity index (χ1) is 13.4. The second-order valence-corrected chi connectivity index (χ2v) is 6.74. The smallest absolute Gasteiger partial charge is 0.285 e. The number of aryl methyl sites for hydroxylation is 1. The van der Waals surface area contributed by atoms with Gasteiger partial charge in [-0.05, 0) is 46.5 Å². The Balaban J connectivity index is 2.05. The summed E-state index contributed by atoms with van der Waals surface area (Å²) in [7, 11) is 0. The number of carbonyl (C=O) groups is 2. The maximum absolute atomic E-state index is 12.4. The van der Waals surface area contributed by atoms with Crippen LogP contribution in [0.3, 0.4) is 0 Å². The molecule has 0 spiro atoms. The van der Waals surface area contributed by atoms with E-state index < -0.39 is 17.4 Å². The van der Waals surface area contributed by atoms with E-state index in [0.717, 1.165) is 9.15 Å². The highest BCUT2D eigenvalue weighted by atomic mass is 79.9. The molecule has 1 aromatic heterocycles. The number of aromatic nitrogens is 2. The monoisotopic (exact) mass is 445 g/mol. The van der Waals surface area contributed by atoms with Crippen molar-refractivity contribution < 1.29 is 9.59 Å². The number of halogens is 1. The third-order valence-electron chi connectivity index (χ3n) is 4.03. The average Bonchev–Trinajstić information content (AvgIpc) is 2.69. The third-order valence-corrected chi connectivity index (χ3v) is 4.72. The number of hydrogen-bond acceptors (Lipinski definition) is 5. The molecule has 0 aliphatic carbocycles. The van der Waals surface area contributed by atoms with Gasteiger partial charge in [0.2, 0.25) is 11.8 Å². The van der Waals surface area contributed by atoms with Gasteiger partial charge in [0.05, 0.1) is 17.9 Å². The summed E-state index contributed by atoms with van der Waals surface area (Å²) >= 11 is 3.32. The van der Waals surface area contributed by atoms with E-state index in [1.54, 1.807) is 18.2 Å². The molecule has 2 N–H and O–H groups in total. The first-order valence-electron chi connectivity index (χ1n) is 8.75. The van der Waals surface area contributed by atoms with E-state index >= 15 is 0 Å². The number of nitriles is 1. The lowest BCUT2D eigenvalue weighted by Gasteiger charge is -2.12. The van der Waals surface area contributed by atoms with Crippen molar-refractivity contribution in [3.8, 4) is 6.07 Å². The number of anilines is 1. The second kappa shape index (κ2) is 9.80. The molecule has 0 bridgehead atoms. The molecule has 9 heteroatoms. The minimum Gasteiger partial charge on any atom is -0.345 e. The number of nitrogens with one attached hydrogen (secondary N) is 2. The summed E-state index contributed by atoms with van der Waals surface area (Å²) < 4.78 is 1.69. The van der Waals surface area contributed by atoms with E-state index in [1.165, 1.54) is 0 Å². The van der Waals surface area contributed by atoms with Crippen LogP contribution in [0.4, 0.5) is 5.69 Å². The summed E-state index contributed by atoms with van der Waals surface area (Å²) in [6.07, 6.45) is 1.05. The zero-order valence-electron chi connectivity index (χ0n) is 15.6. The van der Waals surface area contributed by atoms with Crippen LogP contribution < -0.4 is 16.2 Å². The number of benzene rings is 1. The van der Waals surface area contributed by atoms with Crippen molar-refractivity contribution in [1.29, 1.82) is 5.26 Å². The van der Waals surface area contributed by atoms with E-state index in [4.69, 9.17) is 0 Å². The SMILES string of the molecule is CCc1nn(CC(=O)NCC(=O)Nc2ccccc2Br)c(=O)c(C#N)c1CC. The number of rotatable bonds is 7. The van der Waals surface area contributed by atoms with Crippen LogP contribution in [0.25, 0.3) is 0 Å². The molecule has 0 atom stereocenters. The van der Waals surface area contributed by atoms with Gasteiger partial charge >= 0.3 is 0 Å². The van der Waals surface area contributed by atoms with Gasteiger partial charge in [-0.2, -0.15) is 10.4 Å². The molecular formula is C19H20BrN5O3. The van der Waals surface area contributed by atoms with Crippen LogP contribution in [0.15, 0.2) is 33.5 Å². The van der Waals surface area contributed by atoms with Crippen LogP contribution in [-0.4, -0.2) is 28.1 Å². The zero-order chi connectivity index (χ0) is 20.7. The van der Waals surface area contributed by atoms with Crippen LogP contribution in [-0.2, 0) is 29.0 Å². The fourth-order valence-corrected chi connectivity index (χ4v) is 3.05. The Morgan fingerprint density at radius 1 is 1.21 bits per heavy atom. The van der Waals surface area contributed by atoms with Crippen molar-refractivity contribution >= 4 is 33.4 Å². The standard InChI is InChI=1S/C19H20BrN5O3/c1-3-12-13(9-21)19(28)25(24-15(12)4-2)11-18(27)22-10-17(26)23-16-8-6-5-7-14(16)20/h5-8H,3-4,10-11H2,1-2H3,(H,22,27)(H,23,26). The van der Waals surface area contributed by atoms with Gasteiger partial charge in [0.1, 0.15) is 18.2 Å². The van der Waals surface area contributed by atoms with Gasteiger partial charge in [0.15, 0.2) is 0 Å². The van der Waals surface area contributed by atoms with E-state index in [0.29, 0.717) is 29.8 Å². The Bertz CT molecular complexity index is 994. The Morgan fingerprint density at radius 2 is 1.93 bits per heavy atom. The molecule has 0 aliphatic rings. The molecule has 0 saturated carbocycles. The minimum absolute atomic E-state index is 0.00817. The maximum atomic E-state index is 12.4. The van der Waals surface area contributed by atoms with Crippen molar-refractivity contribution in [3.63, 3.8) is 0 Å². The van der Waals surface area contributed by atoms with Gasteiger partial charge in [0.25, 0.3) is 5.56 Å². The molecule has 0 radical (unpaired) electrons. The lowest BCUT2D eigenvalue weighted by Crippen LogP contribution is -2.39. The molecule has 2 rings (SSSR count). The zero-order valence-corrected chi connectivity index (χ0v) is 17.2. The molecule has 0 aliphatic heterocycles.